The van der Waals surface area contributed by atoms with E-state index in [1.54, 1.807) is 0 Å². The first-order valence-electron chi connectivity index (χ1n) is 4.12. The normalized spacial score (nSPS) is 16.8. The summed E-state index contributed by atoms with van der Waals surface area (Å²) in [6.07, 6.45) is 2.33. The Morgan fingerprint density at radius 3 is 2.50 bits per heavy atom. The molecule has 2 atom stereocenters. The van der Waals surface area contributed by atoms with Gasteiger partial charge in [-0.1, -0.05) is 20.3 Å². The lowest BCUT2D eigenvalue weighted by molar-refractivity contribution is 0.414. The molecule has 0 rings (SSSR count). The van der Waals surface area contributed by atoms with Crippen LogP contribution < -0.4 is 11.1 Å². The average Bonchev–Trinajstić information content (AvgIpc) is 1.89. The van der Waals surface area contributed by atoms with Crippen molar-refractivity contribution >= 4 is 0 Å². The number of hydrogen-bond donors (Lipinski definition) is 2. The van der Waals surface area contributed by atoms with E-state index < -0.39 is 0 Å². The summed E-state index contributed by atoms with van der Waals surface area (Å²) in [7, 11) is 1.97. The molecule has 0 aliphatic carbocycles. The van der Waals surface area contributed by atoms with Gasteiger partial charge in [0.15, 0.2) is 0 Å². The van der Waals surface area contributed by atoms with E-state index in [0.29, 0.717) is 12.0 Å². The highest BCUT2D eigenvalue weighted by atomic mass is 14.8. The first kappa shape index (κ1) is 9.92. The van der Waals surface area contributed by atoms with Crippen LogP contribution in [-0.4, -0.2) is 19.6 Å². The van der Waals surface area contributed by atoms with Crippen LogP contribution in [0.15, 0.2) is 0 Å². The highest BCUT2D eigenvalue weighted by molar-refractivity contribution is 4.69. The van der Waals surface area contributed by atoms with Crippen LogP contribution in [0.3, 0.4) is 0 Å². The topological polar surface area (TPSA) is 38.0 Å². The van der Waals surface area contributed by atoms with Crippen molar-refractivity contribution in [3.8, 4) is 0 Å². The van der Waals surface area contributed by atoms with Gasteiger partial charge < -0.3 is 11.1 Å². The Hall–Kier alpha value is -0.0800. The molecular formula is C8H20N2. The molecule has 0 aromatic rings. The Morgan fingerprint density at radius 1 is 1.50 bits per heavy atom. The first-order valence-corrected chi connectivity index (χ1v) is 4.12. The molecule has 3 N–H and O–H groups in total. The van der Waals surface area contributed by atoms with Gasteiger partial charge in [-0.3, -0.25) is 0 Å². The van der Waals surface area contributed by atoms with Crippen molar-refractivity contribution in [1.29, 1.82) is 0 Å². The Morgan fingerprint density at radius 2 is 2.10 bits per heavy atom. The minimum Gasteiger partial charge on any atom is -0.327 e. The summed E-state index contributed by atoms with van der Waals surface area (Å²) in [6.45, 7) is 5.39. The first-order chi connectivity index (χ1) is 4.72. The lowest BCUT2D eigenvalue weighted by Gasteiger charge is -2.18. The van der Waals surface area contributed by atoms with E-state index in [1.807, 2.05) is 7.05 Å². The molecule has 0 aliphatic rings. The average molecular weight is 144 g/mol. The van der Waals surface area contributed by atoms with E-state index in [9.17, 15) is 0 Å². The molecule has 0 aromatic heterocycles. The molecule has 0 saturated heterocycles. The number of nitrogens with two attached hydrogens (primary N) is 1. The predicted octanol–water partition coefficient (Wildman–Crippen LogP) is 0.969. The van der Waals surface area contributed by atoms with Gasteiger partial charge in [0.25, 0.3) is 0 Å². The largest absolute Gasteiger partial charge is 0.327 e. The van der Waals surface area contributed by atoms with Gasteiger partial charge in [-0.15, -0.1) is 0 Å². The minimum atomic E-state index is 0.373. The molecule has 62 valence electrons. The molecule has 0 aromatic carbocycles. The van der Waals surface area contributed by atoms with Gasteiger partial charge in [0.05, 0.1) is 0 Å². The number of nitrogens with one attached hydrogen (secondary N) is 1. The van der Waals surface area contributed by atoms with Crippen LogP contribution in [0.5, 0.6) is 0 Å². The molecule has 2 heteroatoms. The van der Waals surface area contributed by atoms with Crippen molar-refractivity contribution in [2.75, 3.05) is 13.6 Å². The molecule has 0 saturated carbocycles. The van der Waals surface area contributed by atoms with Crippen molar-refractivity contribution < 1.29 is 0 Å². The quantitative estimate of drug-likeness (QED) is 0.603. The zero-order chi connectivity index (χ0) is 7.98. The molecule has 0 amide bonds. The maximum Gasteiger partial charge on any atom is 0.00765 e. The molecule has 0 aliphatic heterocycles. The summed E-state index contributed by atoms with van der Waals surface area (Å²) in [4.78, 5) is 0. The van der Waals surface area contributed by atoms with Crippen LogP contribution in [0.25, 0.3) is 0 Å². The SMILES string of the molecule is CCC[C@H](N)[C@H](C)CNC. The Bertz CT molecular complexity index is 63.7. The van der Waals surface area contributed by atoms with Crippen molar-refractivity contribution in [1.82, 2.24) is 5.32 Å². The summed E-state index contributed by atoms with van der Waals surface area (Å²) in [6, 6.07) is 0.373. The molecule has 0 unspecified atom stereocenters. The summed E-state index contributed by atoms with van der Waals surface area (Å²) >= 11 is 0. The summed E-state index contributed by atoms with van der Waals surface area (Å²) in [5.74, 6) is 0.602. The number of rotatable bonds is 5. The molecular weight excluding hydrogens is 124 g/mol. The van der Waals surface area contributed by atoms with Crippen LogP contribution in [0.2, 0.25) is 0 Å². The molecule has 0 bridgehead atoms. The van der Waals surface area contributed by atoms with E-state index in [2.05, 4.69) is 19.2 Å². The van der Waals surface area contributed by atoms with E-state index in [0.717, 1.165) is 13.0 Å². The second kappa shape index (κ2) is 5.69. The molecule has 0 spiro atoms. The van der Waals surface area contributed by atoms with Gasteiger partial charge in [-0.2, -0.15) is 0 Å². The smallest absolute Gasteiger partial charge is 0.00765 e. The van der Waals surface area contributed by atoms with Gasteiger partial charge in [0.2, 0.25) is 0 Å². The summed E-state index contributed by atoms with van der Waals surface area (Å²) in [5.41, 5.74) is 5.87. The summed E-state index contributed by atoms with van der Waals surface area (Å²) in [5, 5.41) is 3.13. The van der Waals surface area contributed by atoms with Crippen molar-refractivity contribution in [2.24, 2.45) is 11.7 Å². The third-order valence-corrected chi connectivity index (χ3v) is 1.88. The van der Waals surface area contributed by atoms with Crippen molar-refractivity contribution in [2.45, 2.75) is 32.7 Å². The monoisotopic (exact) mass is 144 g/mol. The molecule has 10 heavy (non-hydrogen) atoms. The highest BCUT2D eigenvalue weighted by Gasteiger charge is 2.09. The third kappa shape index (κ3) is 3.85. The Balaban J connectivity index is 3.38. The maximum atomic E-state index is 5.87. The van der Waals surface area contributed by atoms with Crippen LogP contribution >= 0.6 is 0 Å². The standard InChI is InChI=1S/C8H20N2/c1-4-5-8(9)7(2)6-10-3/h7-8,10H,4-6,9H2,1-3H3/t7-,8+/m1/s1. The van der Waals surface area contributed by atoms with Crippen molar-refractivity contribution in [3.05, 3.63) is 0 Å². The second-order valence-corrected chi connectivity index (χ2v) is 2.99. The lowest BCUT2D eigenvalue weighted by atomic mass is 9.99. The van der Waals surface area contributed by atoms with Gasteiger partial charge >= 0.3 is 0 Å². The van der Waals surface area contributed by atoms with Gasteiger partial charge in [0, 0.05) is 6.04 Å². The zero-order valence-corrected chi connectivity index (χ0v) is 7.35. The fraction of sp³-hybridized carbons (Fsp3) is 1.00. The van der Waals surface area contributed by atoms with Crippen LogP contribution in [-0.2, 0) is 0 Å². The lowest BCUT2D eigenvalue weighted by Crippen LogP contribution is -2.34. The van der Waals surface area contributed by atoms with E-state index in [1.165, 1.54) is 6.42 Å². The molecule has 2 nitrogen and oxygen atoms in total. The van der Waals surface area contributed by atoms with E-state index in [-0.39, 0.29) is 0 Å². The Labute approximate surface area is 64.2 Å². The zero-order valence-electron chi connectivity index (χ0n) is 7.35. The second-order valence-electron chi connectivity index (χ2n) is 2.99. The van der Waals surface area contributed by atoms with Gasteiger partial charge in [-0.25, -0.2) is 0 Å². The van der Waals surface area contributed by atoms with Crippen LogP contribution in [0.4, 0.5) is 0 Å². The van der Waals surface area contributed by atoms with E-state index in [4.69, 9.17) is 5.73 Å². The van der Waals surface area contributed by atoms with Crippen LogP contribution in [0, 0.1) is 5.92 Å². The number of hydrogen-bond acceptors (Lipinski definition) is 2. The summed E-state index contributed by atoms with van der Waals surface area (Å²) < 4.78 is 0. The Kier molecular flexibility index (Phi) is 5.64. The molecule has 0 heterocycles. The maximum absolute atomic E-state index is 5.87. The highest BCUT2D eigenvalue weighted by Crippen LogP contribution is 2.04. The van der Waals surface area contributed by atoms with Crippen LogP contribution in [0.1, 0.15) is 26.7 Å². The van der Waals surface area contributed by atoms with Crippen molar-refractivity contribution in [3.63, 3.8) is 0 Å². The fourth-order valence-electron chi connectivity index (χ4n) is 1.09. The predicted molar refractivity (Wildman–Crippen MR) is 46.0 cm³/mol. The van der Waals surface area contributed by atoms with E-state index >= 15 is 0 Å². The van der Waals surface area contributed by atoms with Gasteiger partial charge in [0.1, 0.15) is 0 Å². The molecule has 0 fully saturated rings. The fourth-order valence-corrected chi connectivity index (χ4v) is 1.09. The minimum absolute atomic E-state index is 0.373. The third-order valence-electron chi connectivity index (χ3n) is 1.88. The molecule has 0 radical (unpaired) electrons. The van der Waals surface area contributed by atoms with Gasteiger partial charge in [-0.05, 0) is 25.9 Å².